The first kappa shape index (κ1) is 15.1. The van der Waals surface area contributed by atoms with Crippen molar-refractivity contribution in [2.45, 2.75) is 45.3 Å². The van der Waals surface area contributed by atoms with E-state index in [0.29, 0.717) is 12.3 Å². The van der Waals surface area contributed by atoms with Crippen molar-refractivity contribution in [1.29, 1.82) is 0 Å². The Morgan fingerprint density at radius 2 is 2.17 bits per heavy atom. The van der Waals surface area contributed by atoms with Crippen LogP contribution in [0.2, 0.25) is 0 Å². The van der Waals surface area contributed by atoms with E-state index in [-0.39, 0.29) is 0 Å². The number of carbonyl (C=O) groups is 2. The zero-order chi connectivity index (χ0) is 13.8. The molecule has 18 heavy (non-hydrogen) atoms. The molecule has 0 bridgehead atoms. The number of amides is 1. The molecule has 1 aliphatic heterocycles. The average Bonchev–Trinajstić information content (AvgIpc) is 2.66. The molecule has 6 heteroatoms. The van der Waals surface area contributed by atoms with Crippen LogP contribution in [-0.2, 0) is 9.53 Å². The second-order valence-electron chi connectivity index (χ2n) is 5.50. The molecular formula is C12H21NO4S. The Balaban J connectivity index is 2.46. The van der Waals surface area contributed by atoms with Crippen LogP contribution in [0.15, 0.2) is 0 Å². The summed E-state index contributed by atoms with van der Waals surface area (Å²) in [4.78, 5) is 22.7. The van der Waals surface area contributed by atoms with Gasteiger partial charge in [0.2, 0.25) is 0 Å². The number of ether oxygens (including phenoxy) is 1. The summed E-state index contributed by atoms with van der Waals surface area (Å²) in [6.45, 7) is 5.24. The van der Waals surface area contributed by atoms with Crippen molar-refractivity contribution >= 4 is 23.8 Å². The van der Waals surface area contributed by atoms with Crippen molar-refractivity contribution in [2.75, 3.05) is 11.5 Å². The predicted molar refractivity (Wildman–Crippen MR) is 70.8 cm³/mol. The van der Waals surface area contributed by atoms with Gasteiger partial charge in [-0.2, -0.15) is 11.8 Å². The van der Waals surface area contributed by atoms with Crippen molar-refractivity contribution in [3.05, 3.63) is 0 Å². The first-order chi connectivity index (χ1) is 8.28. The summed E-state index contributed by atoms with van der Waals surface area (Å²) in [6.07, 6.45) is 0.826. The molecule has 1 saturated heterocycles. The molecule has 0 aromatic carbocycles. The number of carbonyl (C=O) groups excluding carboxylic acids is 1. The minimum atomic E-state index is -1.00. The molecule has 2 atom stereocenters. The molecule has 0 radical (unpaired) electrons. The maximum Gasteiger partial charge on any atom is 0.408 e. The highest BCUT2D eigenvalue weighted by molar-refractivity contribution is 7.99. The summed E-state index contributed by atoms with van der Waals surface area (Å²) < 4.78 is 5.06. The zero-order valence-electron chi connectivity index (χ0n) is 11.1. The predicted octanol–water partition coefficient (Wildman–Crippen LogP) is 2.11. The van der Waals surface area contributed by atoms with Gasteiger partial charge in [-0.3, -0.25) is 0 Å². The van der Waals surface area contributed by atoms with Gasteiger partial charge in [-0.15, -0.1) is 0 Å². The van der Waals surface area contributed by atoms with E-state index in [2.05, 4.69) is 5.32 Å². The van der Waals surface area contributed by atoms with Crippen LogP contribution in [0.1, 0.15) is 33.6 Å². The van der Waals surface area contributed by atoms with Crippen molar-refractivity contribution in [2.24, 2.45) is 5.92 Å². The molecule has 104 valence electrons. The number of nitrogens with one attached hydrogen (secondary N) is 1. The average molecular weight is 275 g/mol. The number of aliphatic carboxylic acids is 1. The lowest BCUT2D eigenvalue weighted by Crippen LogP contribution is -2.44. The zero-order valence-corrected chi connectivity index (χ0v) is 11.9. The second kappa shape index (κ2) is 6.31. The molecule has 5 nitrogen and oxygen atoms in total. The maximum atomic E-state index is 11.5. The monoisotopic (exact) mass is 275 g/mol. The first-order valence-corrected chi connectivity index (χ1v) is 7.23. The van der Waals surface area contributed by atoms with Crippen LogP contribution >= 0.6 is 11.8 Å². The fourth-order valence-electron chi connectivity index (χ4n) is 1.77. The lowest BCUT2D eigenvalue weighted by atomic mass is 9.99. The van der Waals surface area contributed by atoms with E-state index in [0.717, 1.165) is 17.9 Å². The summed E-state index contributed by atoms with van der Waals surface area (Å²) in [7, 11) is 0. The lowest BCUT2D eigenvalue weighted by Gasteiger charge is -2.23. The Morgan fingerprint density at radius 1 is 1.50 bits per heavy atom. The minimum absolute atomic E-state index is 0.367. The van der Waals surface area contributed by atoms with Crippen molar-refractivity contribution in [1.82, 2.24) is 5.32 Å². The van der Waals surface area contributed by atoms with Gasteiger partial charge in [-0.25, -0.2) is 9.59 Å². The van der Waals surface area contributed by atoms with Gasteiger partial charge in [-0.1, -0.05) is 0 Å². The van der Waals surface area contributed by atoms with Crippen LogP contribution in [0.5, 0.6) is 0 Å². The topological polar surface area (TPSA) is 75.6 Å². The Labute approximate surface area is 112 Å². The molecule has 0 aromatic rings. The summed E-state index contributed by atoms with van der Waals surface area (Å²) in [5.41, 5.74) is -0.615. The largest absolute Gasteiger partial charge is 0.480 e. The van der Waals surface area contributed by atoms with E-state index in [1.54, 1.807) is 20.8 Å². The fourth-order valence-corrected chi connectivity index (χ4v) is 3.08. The third-order valence-corrected chi connectivity index (χ3v) is 3.81. The third kappa shape index (κ3) is 5.62. The van der Waals surface area contributed by atoms with E-state index < -0.39 is 23.7 Å². The Hall–Kier alpha value is -0.910. The number of thioether (sulfide) groups is 1. The van der Waals surface area contributed by atoms with Crippen LogP contribution in [0.3, 0.4) is 0 Å². The standard InChI is InChI=1S/C12H21NO4S/c1-12(2,3)17-11(16)13-9(10(14)15)6-8-4-5-18-7-8/h8-9H,4-7H2,1-3H3,(H,13,16)(H,14,15). The van der Waals surface area contributed by atoms with E-state index in [4.69, 9.17) is 9.84 Å². The number of rotatable bonds is 4. The Bertz CT molecular complexity index is 308. The van der Waals surface area contributed by atoms with Crippen LogP contribution in [-0.4, -0.2) is 40.3 Å². The molecule has 0 aliphatic carbocycles. The summed E-state index contributed by atoms with van der Waals surface area (Å²) >= 11 is 1.83. The van der Waals surface area contributed by atoms with Gasteiger partial charge in [0.1, 0.15) is 11.6 Å². The van der Waals surface area contributed by atoms with Gasteiger partial charge < -0.3 is 15.2 Å². The molecule has 0 aromatic heterocycles. The van der Waals surface area contributed by atoms with Gasteiger partial charge in [0, 0.05) is 0 Å². The van der Waals surface area contributed by atoms with Gasteiger partial charge >= 0.3 is 12.1 Å². The number of hydrogen-bond acceptors (Lipinski definition) is 4. The van der Waals surface area contributed by atoms with E-state index in [9.17, 15) is 9.59 Å². The summed E-state index contributed by atoms with van der Waals surface area (Å²) in [5, 5.41) is 11.5. The highest BCUT2D eigenvalue weighted by atomic mass is 32.2. The smallest absolute Gasteiger partial charge is 0.408 e. The second-order valence-corrected chi connectivity index (χ2v) is 6.65. The van der Waals surface area contributed by atoms with E-state index in [1.165, 1.54) is 0 Å². The highest BCUT2D eigenvalue weighted by Crippen LogP contribution is 2.27. The number of hydrogen-bond donors (Lipinski definition) is 2. The third-order valence-electron chi connectivity index (χ3n) is 2.58. The molecule has 1 amide bonds. The van der Waals surface area contributed by atoms with Gasteiger partial charge in [-0.05, 0) is 51.0 Å². The van der Waals surface area contributed by atoms with Gasteiger partial charge in [0.25, 0.3) is 0 Å². The quantitative estimate of drug-likeness (QED) is 0.822. The SMILES string of the molecule is CC(C)(C)OC(=O)NC(CC1CCSC1)C(=O)O. The number of alkyl carbamates (subject to hydrolysis) is 1. The number of carboxylic acids is 1. The van der Waals surface area contributed by atoms with Gasteiger partial charge in [0.05, 0.1) is 0 Å². The molecular weight excluding hydrogens is 254 g/mol. The molecule has 1 fully saturated rings. The van der Waals surface area contributed by atoms with Crippen molar-refractivity contribution < 1.29 is 19.4 Å². The first-order valence-electron chi connectivity index (χ1n) is 6.08. The highest BCUT2D eigenvalue weighted by Gasteiger charge is 2.28. The lowest BCUT2D eigenvalue weighted by molar-refractivity contribution is -0.139. The Kier molecular flexibility index (Phi) is 5.31. The summed E-state index contributed by atoms with van der Waals surface area (Å²) in [6, 6.07) is -0.858. The maximum absolute atomic E-state index is 11.5. The summed E-state index contributed by atoms with van der Waals surface area (Å²) in [5.74, 6) is 1.41. The van der Waals surface area contributed by atoms with Gasteiger partial charge in [0.15, 0.2) is 0 Å². The van der Waals surface area contributed by atoms with Crippen LogP contribution < -0.4 is 5.32 Å². The minimum Gasteiger partial charge on any atom is -0.480 e. The normalized spacial score (nSPS) is 21.4. The fraction of sp³-hybridized carbons (Fsp3) is 0.833. The van der Waals surface area contributed by atoms with Crippen LogP contribution in [0.25, 0.3) is 0 Å². The van der Waals surface area contributed by atoms with Crippen molar-refractivity contribution in [3.63, 3.8) is 0 Å². The molecule has 2 unspecified atom stereocenters. The Morgan fingerprint density at radius 3 is 2.61 bits per heavy atom. The van der Waals surface area contributed by atoms with Crippen molar-refractivity contribution in [3.8, 4) is 0 Å². The molecule has 1 heterocycles. The molecule has 2 N–H and O–H groups in total. The molecule has 1 aliphatic rings. The molecule has 0 spiro atoms. The van der Waals surface area contributed by atoms with E-state index in [1.807, 2.05) is 11.8 Å². The van der Waals surface area contributed by atoms with Crippen LogP contribution in [0, 0.1) is 5.92 Å². The van der Waals surface area contributed by atoms with Crippen LogP contribution in [0.4, 0.5) is 4.79 Å². The molecule has 0 saturated carbocycles. The molecule has 1 rings (SSSR count). The number of carboxylic acid groups (broad SMARTS) is 1. The van der Waals surface area contributed by atoms with E-state index >= 15 is 0 Å².